The number of hydrogen-bond acceptors (Lipinski definition) is 3. The Morgan fingerprint density at radius 3 is 2.33 bits per heavy atom. The molecule has 0 spiro atoms. The van der Waals surface area contributed by atoms with Crippen LogP contribution in [0.2, 0.25) is 5.02 Å². The number of rotatable bonds is 7. The van der Waals surface area contributed by atoms with E-state index in [0.717, 1.165) is 5.56 Å². The molecule has 0 heterocycles. The Labute approximate surface area is 111 Å². The van der Waals surface area contributed by atoms with E-state index in [1.807, 2.05) is 12.1 Å². The molecule has 0 aliphatic carbocycles. The van der Waals surface area contributed by atoms with E-state index in [4.69, 9.17) is 16.7 Å². The summed E-state index contributed by atoms with van der Waals surface area (Å²) in [6.07, 6.45) is -0.799. The summed E-state index contributed by atoms with van der Waals surface area (Å²) in [6.45, 7) is 0. The molecule has 5 heteroatoms. The first-order valence-corrected chi connectivity index (χ1v) is 6.17. The van der Waals surface area contributed by atoms with Gasteiger partial charge in [0.05, 0.1) is 18.6 Å². The van der Waals surface area contributed by atoms with Crippen LogP contribution < -0.4 is 0 Å². The Kier molecular flexibility index (Phi) is 6.12. The number of carboxylic acids is 1. The third-order valence-corrected chi connectivity index (χ3v) is 2.89. The minimum atomic E-state index is -1.06. The first kappa shape index (κ1) is 15.0. The van der Waals surface area contributed by atoms with Gasteiger partial charge in [-0.15, -0.1) is 0 Å². The summed E-state index contributed by atoms with van der Waals surface area (Å²) in [5.74, 6) is -1.06. The van der Waals surface area contributed by atoms with Crippen LogP contribution in [0.25, 0.3) is 0 Å². The van der Waals surface area contributed by atoms with Gasteiger partial charge in [0.15, 0.2) is 0 Å². The van der Waals surface area contributed by atoms with Crippen molar-refractivity contribution >= 4 is 17.6 Å². The molecule has 100 valence electrons. The quantitative estimate of drug-likeness (QED) is 0.708. The summed E-state index contributed by atoms with van der Waals surface area (Å²) in [5, 5.41) is 28.2. The van der Waals surface area contributed by atoms with Crippen molar-refractivity contribution in [3.63, 3.8) is 0 Å². The lowest BCUT2D eigenvalue weighted by atomic mass is 10.0. The van der Waals surface area contributed by atoms with E-state index >= 15 is 0 Å². The third-order valence-electron chi connectivity index (χ3n) is 2.63. The van der Waals surface area contributed by atoms with Crippen LogP contribution in [0.1, 0.15) is 24.8 Å². The molecule has 2 atom stereocenters. The summed E-state index contributed by atoms with van der Waals surface area (Å²) in [6, 6.07) is 7.32. The molecule has 1 aromatic rings. The van der Waals surface area contributed by atoms with Crippen molar-refractivity contribution < 1.29 is 20.1 Å². The lowest BCUT2D eigenvalue weighted by Gasteiger charge is -2.14. The van der Waals surface area contributed by atoms with Crippen molar-refractivity contribution in [1.82, 2.24) is 0 Å². The van der Waals surface area contributed by atoms with E-state index in [1.54, 1.807) is 12.1 Å². The lowest BCUT2D eigenvalue weighted by molar-refractivity contribution is -0.139. The predicted octanol–water partition coefficient (Wildman–Crippen LogP) is 1.86. The number of halogens is 1. The smallest absolute Gasteiger partial charge is 0.305 e. The van der Waals surface area contributed by atoms with E-state index < -0.39 is 18.2 Å². The van der Waals surface area contributed by atoms with Gasteiger partial charge in [0.25, 0.3) is 0 Å². The Balaban J connectivity index is 2.30. The monoisotopic (exact) mass is 272 g/mol. The van der Waals surface area contributed by atoms with Gasteiger partial charge in [-0.05, 0) is 37.0 Å². The fourth-order valence-electron chi connectivity index (χ4n) is 1.70. The first-order valence-electron chi connectivity index (χ1n) is 5.79. The van der Waals surface area contributed by atoms with Crippen molar-refractivity contribution in [1.29, 1.82) is 0 Å². The molecule has 0 saturated heterocycles. The summed E-state index contributed by atoms with van der Waals surface area (Å²) in [4.78, 5) is 10.3. The highest BCUT2D eigenvalue weighted by Gasteiger charge is 2.14. The van der Waals surface area contributed by atoms with Gasteiger partial charge in [-0.25, -0.2) is 0 Å². The molecule has 3 N–H and O–H groups in total. The topological polar surface area (TPSA) is 77.8 Å². The number of carboxylic acid groups (broad SMARTS) is 1. The Hall–Kier alpha value is -1.10. The van der Waals surface area contributed by atoms with Gasteiger partial charge < -0.3 is 15.3 Å². The van der Waals surface area contributed by atoms with Crippen molar-refractivity contribution in [3.05, 3.63) is 34.9 Å². The first-order chi connectivity index (χ1) is 8.47. The molecular formula is C13H17ClO4. The molecule has 1 rings (SSSR count). The highest BCUT2D eigenvalue weighted by Crippen LogP contribution is 2.13. The maximum absolute atomic E-state index is 10.3. The second kappa shape index (κ2) is 7.36. The summed E-state index contributed by atoms with van der Waals surface area (Å²) in [7, 11) is 0. The maximum Gasteiger partial charge on any atom is 0.305 e. The van der Waals surface area contributed by atoms with E-state index in [-0.39, 0.29) is 12.8 Å². The van der Waals surface area contributed by atoms with E-state index in [2.05, 4.69) is 0 Å². The number of benzene rings is 1. The standard InChI is InChI=1S/C13H17ClO4/c14-10-4-1-9(2-5-10)3-6-11(15)7-12(16)8-13(17)18/h1-2,4-5,11-12,15-16H,3,6-8H2,(H,17,18). The molecule has 0 amide bonds. The van der Waals surface area contributed by atoms with Crippen molar-refractivity contribution in [2.24, 2.45) is 0 Å². The average Bonchev–Trinajstić information content (AvgIpc) is 2.27. The van der Waals surface area contributed by atoms with Crippen LogP contribution in [0.5, 0.6) is 0 Å². The predicted molar refractivity (Wildman–Crippen MR) is 68.7 cm³/mol. The number of aryl methyl sites for hydroxylation is 1. The minimum Gasteiger partial charge on any atom is -0.481 e. The van der Waals surface area contributed by atoms with E-state index in [0.29, 0.717) is 17.9 Å². The fraction of sp³-hybridized carbons (Fsp3) is 0.462. The third kappa shape index (κ3) is 6.00. The molecule has 1 aromatic carbocycles. The van der Waals surface area contributed by atoms with Gasteiger partial charge in [0.1, 0.15) is 0 Å². The van der Waals surface area contributed by atoms with Crippen molar-refractivity contribution in [2.45, 2.75) is 37.9 Å². The van der Waals surface area contributed by atoms with E-state index in [1.165, 1.54) is 0 Å². The van der Waals surface area contributed by atoms with Gasteiger partial charge in [0.2, 0.25) is 0 Å². The molecule has 0 aromatic heterocycles. The van der Waals surface area contributed by atoms with Crippen LogP contribution >= 0.6 is 11.6 Å². The van der Waals surface area contributed by atoms with Gasteiger partial charge >= 0.3 is 5.97 Å². The summed E-state index contributed by atoms with van der Waals surface area (Å²) in [5.41, 5.74) is 1.05. The molecule has 0 fully saturated rings. The normalized spacial score (nSPS) is 14.2. The largest absolute Gasteiger partial charge is 0.481 e. The van der Waals surface area contributed by atoms with E-state index in [9.17, 15) is 15.0 Å². The Bertz CT molecular complexity index is 377. The maximum atomic E-state index is 10.3. The average molecular weight is 273 g/mol. The van der Waals surface area contributed by atoms with Gasteiger partial charge in [-0.2, -0.15) is 0 Å². The highest BCUT2D eigenvalue weighted by atomic mass is 35.5. The van der Waals surface area contributed by atoms with Crippen molar-refractivity contribution in [3.8, 4) is 0 Å². The molecule has 0 aliphatic rings. The second-order valence-corrected chi connectivity index (χ2v) is 4.74. The molecular weight excluding hydrogens is 256 g/mol. The molecule has 2 unspecified atom stereocenters. The van der Waals surface area contributed by atoms with Gasteiger partial charge in [-0.3, -0.25) is 4.79 Å². The number of aliphatic hydroxyl groups excluding tert-OH is 2. The van der Waals surface area contributed by atoms with Crippen LogP contribution in [0.15, 0.2) is 24.3 Å². The molecule has 0 saturated carbocycles. The lowest BCUT2D eigenvalue weighted by Crippen LogP contribution is -2.21. The SMILES string of the molecule is O=C(O)CC(O)CC(O)CCc1ccc(Cl)cc1. The van der Waals surface area contributed by atoms with Gasteiger partial charge in [0, 0.05) is 5.02 Å². The molecule has 18 heavy (non-hydrogen) atoms. The van der Waals surface area contributed by atoms with Crippen LogP contribution in [0.4, 0.5) is 0 Å². The zero-order chi connectivity index (χ0) is 13.5. The Morgan fingerprint density at radius 1 is 1.17 bits per heavy atom. The summed E-state index contributed by atoms with van der Waals surface area (Å²) >= 11 is 5.75. The van der Waals surface area contributed by atoms with Crippen LogP contribution in [0.3, 0.4) is 0 Å². The number of carbonyl (C=O) groups is 1. The number of aliphatic hydroxyl groups is 2. The van der Waals surface area contributed by atoms with Gasteiger partial charge in [-0.1, -0.05) is 23.7 Å². The second-order valence-electron chi connectivity index (χ2n) is 4.31. The fourth-order valence-corrected chi connectivity index (χ4v) is 1.83. The Morgan fingerprint density at radius 2 is 1.78 bits per heavy atom. The molecule has 0 aliphatic heterocycles. The number of hydrogen-bond donors (Lipinski definition) is 3. The highest BCUT2D eigenvalue weighted by molar-refractivity contribution is 6.30. The summed E-state index contributed by atoms with van der Waals surface area (Å²) < 4.78 is 0. The molecule has 0 bridgehead atoms. The molecule has 0 radical (unpaired) electrons. The van der Waals surface area contributed by atoms with Crippen LogP contribution in [0, 0.1) is 0 Å². The minimum absolute atomic E-state index is 0.0832. The van der Waals surface area contributed by atoms with Crippen LogP contribution in [-0.4, -0.2) is 33.5 Å². The zero-order valence-electron chi connectivity index (χ0n) is 9.92. The number of aliphatic carboxylic acids is 1. The van der Waals surface area contributed by atoms with Crippen molar-refractivity contribution in [2.75, 3.05) is 0 Å². The molecule has 4 nitrogen and oxygen atoms in total. The zero-order valence-corrected chi connectivity index (χ0v) is 10.7. The van der Waals surface area contributed by atoms with Crippen LogP contribution in [-0.2, 0) is 11.2 Å².